The quantitative estimate of drug-likeness (QED) is 0.711. The average molecular weight is 202 g/mol. The summed E-state index contributed by atoms with van der Waals surface area (Å²) in [5.74, 6) is -0.495. The van der Waals surface area contributed by atoms with Gasteiger partial charge in [-0.05, 0) is 10.8 Å². The molecule has 0 rings (SSSR count). The molecular formula is C11H22O3. The fourth-order valence-electron chi connectivity index (χ4n) is 1.00. The third-order valence-electron chi connectivity index (χ3n) is 2.18. The molecule has 0 saturated heterocycles. The van der Waals surface area contributed by atoms with E-state index in [1.54, 1.807) is 41.5 Å². The van der Waals surface area contributed by atoms with Crippen molar-refractivity contribution in [1.82, 2.24) is 0 Å². The minimum Gasteiger partial charge on any atom is -0.385 e. The van der Waals surface area contributed by atoms with E-state index in [1.165, 1.54) is 0 Å². The zero-order valence-electron chi connectivity index (χ0n) is 9.96. The first kappa shape index (κ1) is 13.6. The predicted molar refractivity (Wildman–Crippen MR) is 55.9 cm³/mol. The van der Waals surface area contributed by atoms with E-state index in [-0.39, 0.29) is 0 Å². The Morgan fingerprint density at radius 2 is 1.07 bits per heavy atom. The molecule has 0 aromatic heterocycles. The number of carbonyl (C=O) groups is 1. The molecule has 0 fully saturated rings. The van der Waals surface area contributed by atoms with E-state index in [0.29, 0.717) is 0 Å². The lowest BCUT2D eigenvalue weighted by atomic mass is 9.79. The number of Topliss-reactive ketones (excluding diaryl/α,β-unsaturated/α-hetero) is 1. The van der Waals surface area contributed by atoms with Crippen LogP contribution in [0.5, 0.6) is 0 Å². The molecular weight excluding hydrogens is 180 g/mol. The highest BCUT2D eigenvalue weighted by atomic mass is 16.3. The van der Waals surface area contributed by atoms with Gasteiger partial charge in [-0.3, -0.25) is 4.79 Å². The first-order chi connectivity index (χ1) is 5.98. The second kappa shape index (κ2) is 3.99. The average Bonchev–Trinajstić information content (AvgIpc) is 1.97. The van der Waals surface area contributed by atoms with Crippen LogP contribution in [0.3, 0.4) is 0 Å². The van der Waals surface area contributed by atoms with Crippen LogP contribution in [0.4, 0.5) is 0 Å². The second-order valence-corrected chi connectivity index (χ2v) is 5.94. The number of aliphatic hydroxyl groups is 2. The summed E-state index contributed by atoms with van der Waals surface area (Å²) in [6, 6.07) is 0. The van der Waals surface area contributed by atoms with Gasteiger partial charge in [0.2, 0.25) is 0 Å². The highest BCUT2D eigenvalue weighted by Crippen LogP contribution is 2.26. The largest absolute Gasteiger partial charge is 0.385 e. The molecule has 0 saturated carbocycles. The highest BCUT2D eigenvalue weighted by Gasteiger charge is 2.38. The molecule has 3 heteroatoms. The van der Waals surface area contributed by atoms with Crippen LogP contribution in [0.1, 0.15) is 41.5 Å². The van der Waals surface area contributed by atoms with Crippen molar-refractivity contribution < 1.29 is 15.0 Å². The Kier molecular flexibility index (Phi) is 3.87. The van der Waals surface area contributed by atoms with Gasteiger partial charge in [-0.15, -0.1) is 0 Å². The SMILES string of the molecule is CC(C)(C)C(O)C(=O)C(O)C(C)(C)C. The van der Waals surface area contributed by atoms with Gasteiger partial charge in [0.1, 0.15) is 12.2 Å². The number of hydrogen-bond acceptors (Lipinski definition) is 3. The van der Waals surface area contributed by atoms with Gasteiger partial charge in [0, 0.05) is 0 Å². The van der Waals surface area contributed by atoms with Crippen LogP contribution in [0.2, 0.25) is 0 Å². The minimum absolute atomic E-state index is 0.495. The lowest BCUT2D eigenvalue weighted by Crippen LogP contribution is -2.45. The van der Waals surface area contributed by atoms with Crippen molar-refractivity contribution in [1.29, 1.82) is 0 Å². The maximum absolute atomic E-state index is 11.6. The zero-order chi connectivity index (χ0) is 11.7. The van der Waals surface area contributed by atoms with Crippen LogP contribution in [0, 0.1) is 10.8 Å². The molecule has 84 valence electrons. The van der Waals surface area contributed by atoms with E-state index >= 15 is 0 Å². The lowest BCUT2D eigenvalue weighted by molar-refractivity contribution is -0.146. The number of ketones is 1. The molecule has 0 amide bonds. The molecule has 2 atom stereocenters. The number of hydrogen-bond donors (Lipinski definition) is 2. The third-order valence-corrected chi connectivity index (χ3v) is 2.18. The highest BCUT2D eigenvalue weighted by molar-refractivity contribution is 5.88. The van der Waals surface area contributed by atoms with E-state index < -0.39 is 28.8 Å². The molecule has 0 heterocycles. The van der Waals surface area contributed by atoms with Crippen LogP contribution in [0.15, 0.2) is 0 Å². The van der Waals surface area contributed by atoms with Gasteiger partial charge in [-0.1, -0.05) is 41.5 Å². The van der Waals surface area contributed by atoms with E-state index in [9.17, 15) is 15.0 Å². The molecule has 0 aromatic carbocycles. The first-order valence-corrected chi connectivity index (χ1v) is 4.88. The summed E-state index contributed by atoms with van der Waals surface area (Å²) in [6.45, 7) is 10.6. The molecule has 2 N–H and O–H groups in total. The number of rotatable bonds is 2. The Balaban J connectivity index is 4.65. The van der Waals surface area contributed by atoms with Crippen molar-refractivity contribution in [2.24, 2.45) is 10.8 Å². The minimum atomic E-state index is -1.11. The standard InChI is InChI=1S/C11H22O3/c1-10(2,3)8(13)7(12)9(14)11(4,5)6/h8-9,13-14H,1-6H3. The number of aliphatic hydroxyl groups excluding tert-OH is 2. The Morgan fingerprint density at radius 1 is 0.857 bits per heavy atom. The van der Waals surface area contributed by atoms with Crippen molar-refractivity contribution in [2.45, 2.75) is 53.8 Å². The Labute approximate surface area is 86.1 Å². The van der Waals surface area contributed by atoms with Crippen molar-refractivity contribution in [2.75, 3.05) is 0 Å². The van der Waals surface area contributed by atoms with Gasteiger partial charge in [-0.25, -0.2) is 0 Å². The summed E-state index contributed by atoms with van der Waals surface area (Å²) in [5.41, 5.74) is -1.05. The van der Waals surface area contributed by atoms with Crippen LogP contribution >= 0.6 is 0 Å². The molecule has 2 unspecified atom stereocenters. The summed E-state index contributed by atoms with van der Waals surface area (Å²) in [6.07, 6.45) is -2.23. The van der Waals surface area contributed by atoms with Crippen LogP contribution in [-0.2, 0) is 4.79 Å². The smallest absolute Gasteiger partial charge is 0.190 e. The fourth-order valence-corrected chi connectivity index (χ4v) is 1.00. The summed E-state index contributed by atoms with van der Waals surface area (Å²) < 4.78 is 0. The van der Waals surface area contributed by atoms with Crippen molar-refractivity contribution >= 4 is 5.78 Å². The molecule has 0 aliphatic heterocycles. The zero-order valence-corrected chi connectivity index (χ0v) is 9.96. The molecule has 14 heavy (non-hydrogen) atoms. The normalized spacial score (nSPS) is 17.7. The van der Waals surface area contributed by atoms with E-state index in [2.05, 4.69) is 0 Å². The van der Waals surface area contributed by atoms with Gasteiger partial charge >= 0.3 is 0 Å². The lowest BCUT2D eigenvalue weighted by Gasteiger charge is -2.31. The Morgan fingerprint density at radius 3 is 1.21 bits per heavy atom. The third kappa shape index (κ3) is 3.39. The maximum atomic E-state index is 11.6. The van der Waals surface area contributed by atoms with E-state index in [0.717, 1.165) is 0 Å². The van der Waals surface area contributed by atoms with Gasteiger partial charge < -0.3 is 10.2 Å². The molecule has 0 bridgehead atoms. The molecule has 0 aliphatic carbocycles. The molecule has 3 nitrogen and oxygen atoms in total. The van der Waals surface area contributed by atoms with Crippen molar-refractivity contribution in [3.8, 4) is 0 Å². The maximum Gasteiger partial charge on any atom is 0.190 e. The van der Waals surface area contributed by atoms with Crippen LogP contribution < -0.4 is 0 Å². The number of carbonyl (C=O) groups excluding carboxylic acids is 1. The summed E-state index contributed by atoms with van der Waals surface area (Å²) in [5, 5.41) is 19.4. The second-order valence-electron chi connectivity index (χ2n) is 5.94. The molecule has 0 spiro atoms. The van der Waals surface area contributed by atoms with Gasteiger partial charge in [0.05, 0.1) is 0 Å². The topological polar surface area (TPSA) is 57.5 Å². The monoisotopic (exact) mass is 202 g/mol. The van der Waals surface area contributed by atoms with E-state index in [1.807, 2.05) is 0 Å². The fraction of sp³-hybridized carbons (Fsp3) is 0.909. The van der Waals surface area contributed by atoms with Gasteiger partial charge in [0.15, 0.2) is 5.78 Å². The van der Waals surface area contributed by atoms with Gasteiger partial charge in [0.25, 0.3) is 0 Å². The van der Waals surface area contributed by atoms with Crippen molar-refractivity contribution in [3.63, 3.8) is 0 Å². The summed E-state index contributed by atoms with van der Waals surface area (Å²) >= 11 is 0. The van der Waals surface area contributed by atoms with Crippen LogP contribution in [-0.4, -0.2) is 28.2 Å². The Hall–Kier alpha value is -0.410. The molecule has 0 aliphatic rings. The molecule has 0 radical (unpaired) electrons. The Bertz CT molecular complexity index is 186. The summed E-state index contributed by atoms with van der Waals surface area (Å²) in [7, 11) is 0. The van der Waals surface area contributed by atoms with Crippen molar-refractivity contribution in [3.05, 3.63) is 0 Å². The summed E-state index contributed by atoms with van der Waals surface area (Å²) in [4.78, 5) is 11.6. The van der Waals surface area contributed by atoms with E-state index in [4.69, 9.17) is 0 Å². The molecule has 0 aromatic rings. The predicted octanol–water partition coefficient (Wildman–Crippen LogP) is 1.37. The van der Waals surface area contributed by atoms with Crippen LogP contribution in [0.25, 0.3) is 0 Å². The van der Waals surface area contributed by atoms with Gasteiger partial charge in [-0.2, -0.15) is 0 Å². The first-order valence-electron chi connectivity index (χ1n) is 4.88.